The molecule has 204 valence electrons. The molecule has 1 aliphatic rings. The summed E-state index contributed by atoms with van der Waals surface area (Å²) >= 11 is 0. The molecule has 40 heavy (non-hydrogen) atoms. The van der Waals surface area contributed by atoms with E-state index in [0.717, 1.165) is 48.2 Å². The van der Waals surface area contributed by atoms with Crippen LogP contribution >= 0.6 is 0 Å². The number of aliphatic hydroxyl groups is 1. The maximum atomic E-state index is 14.2. The van der Waals surface area contributed by atoms with E-state index in [-0.39, 0.29) is 16.6 Å². The third-order valence-corrected chi connectivity index (χ3v) is 9.16. The van der Waals surface area contributed by atoms with Crippen LogP contribution in [0.1, 0.15) is 24.0 Å². The van der Waals surface area contributed by atoms with Crippen LogP contribution in [0.2, 0.25) is 0 Å². The van der Waals surface area contributed by atoms with Gasteiger partial charge in [0.25, 0.3) is 10.0 Å². The second-order valence-corrected chi connectivity index (χ2v) is 12.3. The maximum Gasteiger partial charge on any atom is 0.269 e. The van der Waals surface area contributed by atoms with Gasteiger partial charge < -0.3 is 5.11 Å². The number of halogens is 1. The van der Waals surface area contributed by atoms with E-state index in [0.29, 0.717) is 23.1 Å². The van der Waals surface area contributed by atoms with Gasteiger partial charge in [-0.3, -0.25) is 4.90 Å². The molecule has 1 aliphatic heterocycles. The third-order valence-electron chi connectivity index (χ3n) is 7.50. The molecule has 6 rings (SSSR count). The van der Waals surface area contributed by atoms with Gasteiger partial charge in [0, 0.05) is 42.0 Å². The van der Waals surface area contributed by atoms with Crippen molar-refractivity contribution in [1.29, 1.82) is 0 Å². The van der Waals surface area contributed by atoms with Crippen molar-refractivity contribution >= 4 is 21.1 Å². The van der Waals surface area contributed by atoms with Crippen molar-refractivity contribution < 1.29 is 17.9 Å². The first kappa shape index (κ1) is 26.4. The van der Waals surface area contributed by atoms with Crippen LogP contribution in [0.15, 0.2) is 96.2 Å². The lowest BCUT2D eigenvalue weighted by Gasteiger charge is -2.29. The number of aryl methyl sites for hydroxylation is 1. The number of rotatable bonds is 6. The van der Waals surface area contributed by atoms with E-state index in [1.807, 2.05) is 25.1 Å². The average Bonchev–Trinajstić information content (AvgIpc) is 3.34. The van der Waals surface area contributed by atoms with Gasteiger partial charge in [0.15, 0.2) is 5.65 Å². The highest BCUT2D eigenvalue weighted by Crippen LogP contribution is 2.35. The Labute approximate surface area is 233 Å². The van der Waals surface area contributed by atoms with Crippen molar-refractivity contribution in [2.45, 2.75) is 37.3 Å². The number of aromatic nitrogens is 2. The number of likely N-dealkylation sites (tertiary alicyclic amines) is 1. The number of piperidine rings is 1. The molecule has 3 aromatic carbocycles. The Morgan fingerprint density at radius 2 is 1.75 bits per heavy atom. The van der Waals surface area contributed by atoms with Crippen molar-refractivity contribution in [3.05, 3.63) is 108 Å². The lowest BCUT2D eigenvalue weighted by Crippen LogP contribution is -2.37. The van der Waals surface area contributed by atoms with Crippen molar-refractivity contribution in [3.63, 3.8) is 0 Å². The minimum atomic E-state index is -3.94. The molecular weight excluding hydrogens is 525 g/mol. The zero-order chi connectivity index (χ0) is 27.9. The molecule has 0 aliphatic carbocycles. The number of hydrogen-bond acceptors (Lipinski definition) is 5. The Morgan fingerprint density at radius 3 is 2.48 bits per heavy atom. The number of fused-ring (bicyclic) bond motifs is 1. The highest BCUT2D eigenvalue weighted by Gasteiger charge is 2.24. The van der Waals surface area contributed by atoms with Crippen LogP contribution in [0.3, 0.4) is 0 Å². The first-order chi connectivity index (χ1) is 19.3. The number of β-amino-alcohol motifs (C(OH)–C–C–N with tert-alkyl or cyclic N) is 1. The summed E-state index contributed by atoms with van der Waals surface area (Å²) in [6, 6.07) is 22.9. The molecule has 0 spiro atoms. The summed E-state index contributed by atoms with van der Waals surface area (Å²) in [4.78, 5) is 7.03. The Kier molecular flexibility index (Phi) is 7.00. The molecule has 6 nitrogen and oxygen atoms in total. The van der Waals surface area contributed by atoms with E-state index in [9.17, 15) is 17.9 Å². The highest BCUT2D eigenvalue weighted by molar-refractivity contribution is 7.90. The van der Waals surface area contributed by atoms with Gasteiger partial charge in [-0.15, -0.1) is 0 Å². The smallest absolute Gasteiger partial charge is 0.269 e. The summed E-state index contributed by atoms with van der Waals surface area (Å²) in [7, 11) is -3.94. The Balaban J connectivity index is 1.41. The van der Waals surface area contributed by atoms with Gasteiger partial charge in [0.05, 0.1) is 11.0 Å². The Hall–Kier alpha value is -3.85. The summed E-state index contributed by atoms with van der Waals surface area (Å²) in [5.74, 6) is -0.402. The van der Waals surface area contributed by atoms with Gasteiger partial charge in [-0.2, -0.15) is 0 Å². The van der Waals surface area contributed by atoms with Gasteiger partial charge in [-0.1, -0.05) is 54.1 Å². The SMILES string of the molecule is Cc1ccc(S(=O)(=O)n2cc(-c3cccc(F)c3)c3cc(-c4ccc(CN5CCCC(O)C5)cc4)cnc32)cc1. The number of aliphatic hydroxyl groups excluding tert-OH is 1. The quantitative estimate of drug-likeness (QED) is 0.278. The van der Waals surface area contributed by atoms with Crippen LogP contribution in [-0.4, -0.2) is 46.6 Å². The molecule has 1 fully saturated rings. The fourth-order valence-corrected chi connectivity index (χ4v) is 6.69. The second kappa shape index (κ2) is 10.6. The zero-order valence-corrected chi connectivity index (χ0v) is 23.0. The Morgan fingerprint density at radius 1 is 0.975 bits per heavy atom. The molecule has 1 saturated heterocycles. The van der Waals surface area contributed by atoms with E-state index in [2.05, 4.69) is 22.0 Å². The molecule has 0 radical (unpaired) electrons. The van der Waals surface area contributed by atoms with Gasteiger partial charge in [-0.05, 0) is 73.3 Å². The molecule has 3 heterocycles. The summed E-state index contributed by atoms with van der Waals surface area (Å²) < 4.78 is 42.7. The van der Waals surface area contributed by atoms with Crippen LogP contribution in [0.4, 0.5) is 4.39 Å². The van der Waals surface area contributed by atoms with Crippen LogP contribution in [0.25, 0.3) is 33.3 Å². The average molecular weight is 556 g/mol. The van der Waals surface area contributed by atoms with Gasteiger partial charge >= 0.3 is 0 Å². The first-order valence-electron chi connectivity index (χ1n) is 13.4. The summed E-state index contributed by atoms with van der Waals surface area (Å²) in [5, 5.41) is 10.6. The fourth-order valence-electron chi connectivity index (χ4n) is 5.37. The van der Waals surface area contributed by atoms with Crippen molar-refractivity contribution in [2.75, 3.05) is 13.1 Å². The second-order valence-electron chi connectivity index (χ2n) is 10.5. The number of nitrogens with zero attached hydrogens (tertiary/aromatic N) is 3. The fraction of sp³-hybridized carbons (Fsp3) is 0.219. The lowest BCUT2D eigenvalue weighted by atomic mass is 10.0. The minimum absolute atomic E-state index is 0.156. The molecule has 0 saturated carbocycles. The third kappa shape index (κ3) is 5.18. The monoisotopic (exact) mass is 555 g/mol. The summed E-state index contributed by atoms with van der Waals surface area (Å²) in [6.07, 6.45) is 4.80. The molecule has 0 amide bonds. The molecule has 1 N–H and O–H groups in total. The van der Waals surface area contributed by atoms with Gasteiger partial charge in [0.2, 0.25) is 0 Å². The van der Waals surface area contributed by atoms with Crippen molar-refractivity contribution in [2.24, 2.45) is 0 Å². The topological polar surface area (TPSA) is 75.4 Å². The predicted octanol–water partition coefficient (Wildman–Crippen LogP) is 6.01. The molecule has 0 bridgehead atoms. The zero-order valence-electron chi connectivity index (χ0n) is 22.2. The van der Waals surface area contributed by atoms with Crippen molar-refractivity contribution in [1.82, 2.24) is 13.9 Å². The normalized spacial score (nSPS) is 16.4. The van der Waals surface area contributed by atoms with E-state index in [1.54, 1.807) is 42.6 Å². The maximum absolute atomic E-state index is 14.2. The molecule has 1 unspecified atom stereocenters. The van der Waals surface area contributed by atoms with Gasteiger partial charge in [0.1, 0.15) is 5.82 Å². The summed E-state index contributed by atoms with van der Waals surface area (Å²) in [5.41, 5.74) is 5.32. The van der Waals surface area contributed by atoms with Crippen LogP contribution < -0.4 is 0 Å². The van der Waals surface area contributed by atoms with E-state index in [1.165, 1.54) is 22.3 Å². The molecule has 5 aromatic rings. The van der Waals surface area contributed by atoms with Crippen LogP contribution in [0.5, 0.6) is 0 Å². The minimum Gasteiger partial charge on any atom is -0.392 e. The largest absolute Gasteiger partial charge is 0.392 e. The lowest BCUT2D eigenvalue weighted by molar-refractivity contribution is 0.0668. The Bertz CT molecular complexity index is 1780. The highest BCUT2D eigenvalue weighted by atomic mass is 32.2. The molecule has 8 heteroatoms. The molecular formula is C32H30FN3O3S. The first-order valence-corrected chi connectivity index (χ1v) is 14.8. The number of hydrogen-bond donors (Lipinski definition) is 1. The standard InChI is InChI=1S/C32H30FN3O3S/c1-22-7-13-29(14-8-22)40(38,39)36-21-31(25-4-2-5-27(33)16-25)30-17-26(18-34-32(30)36)24-11-9-23(10-12-24)19-35-15-3-6-28(37)20-35/h2,4-5,7-14,16-18,21,28,37H,3,6,15,19-20H2,1H3. The van der Waals surface area contributed by atoms with Gasteiger partial charge in [-0.25, -0.2) is 21.8 Å². The number of pyridine rings is 1. The van der Waals surface area contributed by atoms with Crippen LogP contribution in [0, 0.1) is 12.7 Å². The van der Waals surface area contributed by atoms with E-state index >= 15 is 0 Å². The summed E-state index contributed by atoms with van der Waals surface area (Å²) in [6.45, 7) is 4.34. The van der Waals surface area contributed by atoms with E-state index in [4.69, 9.17) is 0 Å². The van der Waals surface area contributed by atoms with Crippen molar-refractivity contribution in [3.8, 4) is 22.3 Å². The predicted molar refractivity (Wildman–Crippen MR) is 155 cm³/mol. The number of benzene rings is 3. The van der Waals surface area contributed by atoms with E-state index < -0.39 is 15.8 Å². The molecule has 1 atom stereocenters. The molecule has 2 aromatic heterocycles. The van der Waals surface area contributed by atoms with Crippen LogP contribution in [-0.2, 0) is 16.6 Å².